The summed E-state index contributed by atoms with van der Waals surface area (Å²) in [6, 6.07) is 12.0. The number of methoxy groups -OCH3 is 2. The number of ether oxygens (including phenoxy) is 2. The molecule has 0 saturated heterocycles. The average molecular weight is 336 g/mol. The predicted octanol–water partition coefficient (Wildman–Crippen LogP) is 4.39. The molecule has 2 rings (SSSR count). The Kier molecular flexibility index (Phi) is 4.90. The Bertz CT molecular complexity index is 599. The molecule has 4 heteroatoms. The smallest absolute Gasteiger partial charge is 0.165 e. The Labute approximate surface area is 128 Å². The molecule has 0 atom stereocenters. The number of aryl methyl sites for hydroxylation is 1. The third-order valence-electron chi connectivity index (χ3n) is 3.15. The van der Waals surface area contributed by atoms with Crippen molar-refractivity contribution in [3.05, 3.63) is 52.0 Å². The van der Waals surface area contributed by atoms with E-state index in [0.29, 0.717) is 6.54 Å². The zero-order valence-corrected chi connectivity index (χ0v) is 13.5. The van der Waals surface area contributed by atoms with E-state index >= 15 is 0 Å². The quantitative estimate of drug-likeness (QED) is 0.879. The Hall–Kier alpha value is -1.68. The summed E-state index contributed by atoms with van der Waals surface area (Å²) < 4.78 is 11.8. The highest BCUT2D eigenvalue weighted by molar-refractivity contribution is 9.10. The highest BCUT2D eigenvalue weighted by Crippen LogP contribution is 2.32. The maximum absolute atomic E-state index is 5.43. The van der Waals surface area contributed by atoms with Crippen LogP contribution in [0.4, 0.5) is 5.69 Å². The molecule has 0 amide bonds. The van der Waals surface area contributed by atoms with Crippen molar-refractivity contribution in [3.8, 4) is 11.5 Å². The molecular formula is C16H18BrNO2. The van der Waals surface area contributed by atoms with E-state index in [1.165, 1.54) is 5.56 Å². The zero-order chi connectivity index (χ0) is 14.5. The molecule has 2 aromatic rings. The minimum absolute atomic E-state index is 0.669. The second kappa shape index (κ2) is 6.66. The number of hydrogen-bond donors (Lipinski definition) is 1. The molecule has 0 saturated carbocycles. The molecule has 0 unspecified atom stereocenters. The number of halogens is 1. The molecule has 0 aliphatic carbocycles. The van der Waals surface area contributed by atoms with Crippen LogP contribution in [0.5, 0.6) is 11.5 Å². The van der Waals surface area contributed by atoms with Gasteiger partial charge in [-0.2, -0.15) is 0 Å². The number of hydrogen-bond acceptors (Lipinski definition) is 3. The van der Waals surface area contributed by atoms with E-state index < -0.39 is 0 Å². The van der Waals surface area contributed by atoms with Crippen molar-refractivity contribution in [3.63, 3.8) is 0 Å². The van der Waals surface area contributed by atoms with Crippen LogP contribution < -0.4 is 14.8 Å². The number of anilines is 1. The SMILES string of the molecule is COc1cccc(CNc2cccc(C)c2Br)c1OC. The number of rotatable bonds is 5. The topological polar surface area (TPSA) is 30.5 Å². The highest BCUT2D eigenvalue weighted by Gasteiger charge is 2.10. The first kappa shape index (κ1) is 14.7. The van der Waals surface area contributed by atoms with Crippen molar-refractivity contribution in [1.29, 1.82) is 0 Å². The monoisotopic (exact) mass is 335 g/mol. The number of benzene rings is 2. The average Bonchev–Trinajstić information content (AvgIpc) is 2.48. The molecule has 0 fully saturated rings. The zero-order valence-electron chi connectivity index (χ0n) is 11.9. The summed E-state index contributed by atoms with van der Waals surface area (Å²) >= 11 is 3.60. The largest absolute Gasteiger partial charge is 0.493 e. The fraction of sp³-hybridized carbons (Fsp3) is 0.250. The van der Waals surface area contributed by atoms with Crippen LogP contribution >= 0.6 is 15.9 Å². The van der Waals surface area contributed by atoms with Crippen LogP contribution in [0, 0.1) is 6.92 Å². The van der Waals surface area contributed by atoms with E-state index in [1.807, 2.05) is 30.3 Å². The fourth-order valence-electron chi connectivity index (χ4n) is 2.07. The van der Waals surface area contributed by atoms with Gasteiger partial charge in [0.15, 0.2) is 11.5 Å². The van der Waals surface area contributed by atoms with Gasteiger partial charge in [-0.3, -0.25) is 0 Å². The van der Waals surface area contributed by atoms with Gasteiger partial charge in [0.05, 0.1) is 14.2 Å². The Morgan fingerprint density at radius 1 is 1.05 bits per heavy atom. The van der Waals surface area contributed by atoms with Gasteiger partial charge in [-0.1, -0.05) is 24.3 Å². The standard InChI is InChI=1S/C16H18BrNO2/c1-11-6-4-8-13(15(11)17)18-10-12-7-5-9-14(19-2)16(12)20-3/h4-9,18H,10H2,1-3H3. The van der Waals surface area contributed by atoms with Crippen LogP contribution in [0.15, 0.2) is 40.9 Å². The van der Waals surface area contributed by atoms with Gasteiger partial charge in [0, 0.05) is 22.3 Å². The Balaban J connectivity index is 2.21. The van der Waals surface area contributed by atoms with E-state index in [2.05, 4.69) is 34.2 Å². The van der Waals surface area contributed by atoms with Gasteiger partial charge >= 0.3 is 0 Å². The molecule has 0 heterocycles. The minimum atomic E-state index is 0.669. The van der Waals surface area contributed by atoms with Crippen LogP contribution in [0.2, 0.25) is 0 Å². The molecule has 0 aliphatic rings. The van der Waals surface area contributed by atoms with Gasteiger partial charge in [-0.15, -0.1) is 0 Å². The lowest BCUT2D eigenvalue weighted by atomic mass is 10.1. The molecule has 2 aromatic carbocycles. The van der Waals surface area contributed by atoms with Crippen LogP contribution in [0.25, 0.3) is 0 Å². The van der Waals surface area contributed by atoms with Gasteiger partial charge in [0.1, 0.15) is 0 Å². The lowest BCUT2D eigenvalue weighted by Crippen LogP contribution is -2.03. The first-order chi connectivity index (χ1) is 9.67. The normalized spacial score (nSPS) is 10.2. The van der Waals surface area contributed by atoms with E-state index in [-0.39, 0.29) is 0 Å². The third-order valence-corrected chi connectivity index (χ3v) is 4.20. The van der Waals surface area contributed by atoms with Crippen LogP contribution in [-0.4, -0.2) is 14.2 Å². The van der Waals surface area contributed by atoms with E-state index in [9.17, 15) is 0 Å². The highest BCUT2D eigenvalue weighted by atomic mass is 79.9. The summed E-state index contributed by atoms with van der Waals surface area (Å²) in [4.78, 5) is 0. The lowest BCUT2D eigenvalue weighted by Gasteiger charge is -2.15. The number of nitrogens with one attached hydrogen (secondary N) is 1. The van der Waals surface area contributed by atoms with E-state index in [0.717, 1.165) is 27.2 Å². The summed E-state index contributed by atoms with van der Waals surface area (Å²) in [6.07, 6.45) is 0. The molecule has 0 spiro atoms. The van der Waals surface area contributed by atoms with Crippen LogP contribution in [0.1, 0.15) is 11.1 Å². The van der Waals surface area contributed by atoms with Crippen molar-refractivity contribution >= 4 is 21.6 Å². The van der Waals surface area contributed by atoms with E-state index in [1.54, 1.807) is 14.2 Å². The summed E-state index contributed by atoms with van der Waals surface area (Å²) in [5.74, 6) is 1.52. The molecule has 0 bridgehead atoms. The molecule has 1 N–H and O–H groups in total. The summed E-state index contributed by atoms with van der Waals surface area (Å²) in [5.41, 5.74) is 3.32. The first-order valence-electron chi connectivity index (χ1n) is 6.36. The maximum atomic E-state index is 5.43. The lowest BCUT2D eigenvalue weighted by molar-refractivity contribution is 0.352. The van der Waals surface area contributed by atoms with Crippen LogP contribution in [-0.2, 0) is 6.54 Å². The molecular weight excluding hydrogens is 318 g/mol. The molecule has 0 aromatic heterocycles. The fourth-order valence-corrected chi connectivity index (χ4v) is 2.47. The third kappa shape index (κ3) is 3.07. The second-order valence-corrected chi connectivity index (χ2v) is 5.24. The summed E-state index contributed by atoms with van der Waals surface area (Å²) in [5, 5.41) is 3.41. The van der Waals surface area contributed by atoms with Gasteiger partial charge in [-0.05, 0) is 40.5 Å². The van der Waals surface area contributed by atoms with Gasteiger partial charge < -0.3 is 14.8 Å². The Morgan fingerprint density at radius 3 is 2.50 bits per heavy atom. The van der Waals surface area contributed by atoms with Crippen LogP contribution in [0.3, 0.4) is 0 Å². The first-order valence-corrected chi connectivity index (χ1v) is 7.15. The van der Waals surface area contributed by atoms with Crippen molar-refractivity contribution in [2.45, 2.75) is 13.5 Å². The van der Waals surface area contributed by atoms with Crippen molar-refractivity contribution in [2.24, 2.45) is 0 Å². The minimum Gasteiger partial charge on any atom is -0.493 e. The maximum Gasteiger partial charge on any atom is 0.165 e. The summed E-state index contributed by atoms with van der Waals surface area (Å²) in [7, 11) is 3.30. The Morgan fingerprint density at radius 2 is 1.80 bits per heavy atom. The molecule has 20 heavy (non-hydrogen) atoms. The van der Waals surface area contributed by atoms with Gasteiger partial charge in [0.25, 0.3) is 0 Å². The van der Waals surface area contributed by atoms with E-state index in [4.69, 9.17) is 9.47 Å². The number of para-hydroxylation sites is 1. The summed E-state index contributed by atoms with van der Waals surface area (Å²) in [6.45, 7) is 2.74. The van der Waals surface area contributed by atoms with Crippen molar-refractivity contribution in [2.75, 3.05) is 19.5 Å². The molecule has 0 radical (unpaired) electrons. The molecule has 3 nitrogen and oxygen atoms in total. The predicted molar refractivity (Wildman–Crippen MR) is 85.8 cm³/mol. The van der Waals surface area contributed by atoms with Gasteiger partial charge in [0.2, 0.25) is 0 Å². The second-order valence-electron chi connectivity index (χ2n) is 4.44. The molecule has 0 aliphatic heterocycles. The van der Waals surface area contributed by atoms with Gasteiger partial charge in [-0.25, -0.2) is 0 Å². The van der Waals surface area contributed by atoms with Crippen molar-refractivity contribution in [1.82, 2.24) is 0 Å². The molecule has 106 valence electrons. The van der Waals surface area contributed by atoms with Crippen molar-refractivity contribution < 1.29 is 9.47 Å².